The van der Waals surface area contributed by atoms with Gasteiger partial charge in [0.2, 0.25) is 0 Å². The van der Waals surface area contributed by atoms with Crippen LogP contribution in [0.15, 0.2) is 30.3 Å². The second-order valence-corrected chi connectivity index (χ2v) is 4.77. The third kappa shape index (κ3) is 4.20. The summed E-state index contributed by atoms with van der Waals surface area (Å²) in [5, 5.41) is 21.6. The Labute approximate surface area is 111 Å². The minimum atomic E-state index is -0.922. The van der Waals surface area contributed by atoms with Crippen molar-refractivity contribution in [1.82, 2.24) is 5.43 Å². The summed E-state index contributed by atoms with van der Waals surface area (Å²) in [5.41, 5.74) is 3.11. The lowest BCUT2D eigenvalue weighted by molar-refractivity contribution is -0.923. The first kappa shape index (κ1) is 13.8. The number of aliphatic hydroxyl groups is 1. The van der Waals surface area contributed by atoms with Gasteiger partial charge in [-0.1, -0.05) is 30.3 Å². The van der Waals surface area contributed by atoms with E-state index in [1.807, 2.05) is 30.3 Å². The molecule has 6 nitrogen and oxygen atoms in total. The molecule has 104 valence electrons. The van der Waals surface area contributed by atoms with Crippen LogP contribution in [0.4, 0.5) is 4.79 Å². The number of rotatable bonds is 3. The third-order valence-electron chi connectivity index (χ3n) is 3.07. The van der Waals surface area contributed by atoms with Gasteiger partial charge in [-0.2, -0.15) is 5.43 Å². The average molecular weight is 266 g/mol. The third-order valence-corrected chi connectivity index (χ3v) is 3.07. The van der Waals surface area contributed by atoms with Gasteiger partial charge >= 0.3 is 6.09 Å². The molecule has 1 aliphatic heterocycles. The van der Waals surface area contributed by atoms with Crippen LogP contribution in [-0.4, -0.2) is 35.1 Å². The second kappa shape index (κ2) is 6.01. The zero-order chi connectivity index (χ0) is 13.7. The molecule has 1 aromatic carbocycles. The summed E-state index contributed by atoms with van der Waals surface area (Å²) >= 11 is 0. The zero-order valence-electron chi connectivity index (χ0n) is 10.6. The van der Waals surface area contributed by atoms with E-state index in [1.54, 1.807) is 0 Å². The van der Waals surface area contributed by atoms with Crippen molar-refractivity contribution < 1.29 is 19.4 Å². The fourth-order valence-electron chi connectivity index (χ4n) is 2.13. The maximum absolute atomic E-state index is 12.1. The number of amides is 1. The number of ether oxygens (including phenoxy) is 1. The molecule has 0 aliphatic carbocycles. The number of hydrogen-bond donors (Lipinski definition) is 2. The largest absolute Gasteiger partial charge is 0.606 e. The summed E-state index contributed by atoms with van der Waals surface area (Å²) in [5.74, 6) is 0. The smallest absolute Gasteiger partial charge is 0.452 e. The maximum atomic E-state index is 12.1. The Kier molecular flexibility index (Phi) is 4.36. The summed E-state index contributed by atoms with van der Waals surface area (Å²) in [6.07, 6.45) is -0.235. The van der Waals surface area contributed by atoms with E-state index >= 15 is 0 Å². The van der Waals surface area contributed by atoms with Crippen molar-refractivity contribution in [2.24, 2.45) is 0 Å². The number of nitrogens with zero attached hydrogens (tertiary/aromatic N) is 1. The highest BCUT2D eigenvalue weighted by atomic mass is 16.6. The molecule has 6 heteroatoms. The van der Waals surface area contributed by atoms with E-state index in [0.717, 1.165) is 5.56 Å². The fourth-order valence-corrected chi connectivity index (χ4v) is 2.13. The molecule has 1 amide bonds. The van der Waals surface area contributed by atoms with Crippen LogP contribution < -0.4 is 5.43 Å². The fraction of sp³-hybridized carbons (Fsp3) is 0.462. The van der Waals surface area contributed by atoms with Gasteiger partial charge in [-0.3, -0.25) is 4.76 Å². The van der Waals surface area contributed by atoms with Gasteiger partial charge < -0.3 is 15.1 Å². The Morgan fingerprint density at radius 3 is 2.89 bits per heavy atom. The van der Waals surface area contributed by atoms with E-state index in [9.17, 15) is 15.1 Å². The van der Waals surface area contributed by atoms with Gasteiger partial charge in [0.05, 0.1) is 0 Å². The van der Waals surface area contributed by atoms with E-state index in [0.29, 0.717) is 12.8 Å². The second-order valence-electron chi connectivity index (χ2n) is 4.77. The topological polar surface area (TPSA) is 81.6 Å². The van der Waals surface area contributed by atoms with Crippen LogP contribution in [0.1, 0.15) is 18.4 Å². The van der Waals surface area contributed by atoms with Gasteiger partial charge in [0.25, 0.3) is 0 Å². The lowest BCUT2D eigenvalue weighted by Crippen LogP contribution is -2.61. The molecular weight excluding hydrogens is 248 g/mol. The van der Waals surface area contributed by atoms with Gasteiger partial charge in [0.15, 0.2) is 0 Å². The molecule has 0 bridgehead atoms. The molecule has 2 rings (SSSR count). The quantitative estimate of drug-likeness (QED) is 0.638. The Bertz CT molecular complexity index is 426. The summed E-state index contributed by atoms with van der Waals surface area (Å²) in [6.45, 7) is 0.354. The minimum Gasteiger partial charge on any atom is -0.606 e. The molecule has 0 radical (unpaired) electrons. The van der Waals surface area contributed by atoms with Crippen molar-refractivity contribution >= 4 is 6.09 Å². The molecular formula is C13H18N2O4. The first-order chi connectivity index (χ1) is 9.07. The van der Waals surface area contributed by atoms with Crippen molar-refractivity contribution in [1.29, 1.82) is 0 Å². The number of carbonyl (C=O) groups excluding carboxylic acids is 1. The number of piperidine rings is 1. The van der Waals surface area contributed by atoms with Crippen LogP contribution in [0.5, 0.6) is 0 Å². The predicted molar refractivity (Wildman–Crippen MR) is 68.4 cm³/mol. The molecule has 1 fully saturated rings. The molecule has 1 aliphatic rings. The minimum absolute atomic E-state index is 0.0273. The standard InChI is InChI=1S/C13H18N2O4/c16-12-7-4-8-15(18,9-12)14-13(17)19-10-11-5-2-1-3-6-11/h1-3,5-6,12,16H,4,7-10H2,(H,14,17). The zero-order valence-corrected chi connectivity index (χ0v) is 10.6. The van der Waals surface area contributed by atoms with E-state index in [-0.39, 0.29) is 19.7 Å². The molecule has 0 aromatic heterocycles. The Balaban J connectivity index is 1.81. The predicted octanol–water partition coefficient (Wildman–Crippen LogP) is 1.30. The van der Waals surface area contributed by atoms with Crippen LogP contribution in [0, 0.1) is 5.21 Å². The molecule has 0 saturated carbocycles. The van der Waals surface area contributed by atoms with Gasteiger partial charge in [0, 0.05) is 6.42 Å². The monoisotopic (exact) mass is 266 g/mol. The van der Waals surface area contributed by atoms with E-state index in [1.165, 1.54) is 0 Å². The molecule has 1 heterocycles. The summed E-state index contributed by atoms with van der Waals surface area (Å²) < 4.78 is 4.06. The highest BCUT2D eigenvalue weighted by Gasteiger charge is 2.29. The normalized spacial score (nSPS) is 26.7. The number of benzene rings is 1. The lowest BCUT2D eigenvalue weighted by Gasteiger charge is -2.44. The van der Waals surface area contributed by atoms with E-state index in [4.69, 9.17) is 4.74 Å². The van der Waals surface area contributed by atoms with Gasteiger partial charge in [-0.25, -0.2) is 4.79 Å². The molecule has 2 N–H and O–H groups in total. The molecule has 0 spiro atoms. The SMILES string of the molecule is O=C(N[N+]1([O-])CCCC(O)C1)OCc1ccccc1. The van der Waals surface area contributed by atoms with Gasteiger partial charge in [-0.15, -0.1) is 0 Å². The van der Waals surface area contributed by atoms with Crippen molar-refractivity contribution in [3.63, 3.8) is 0 Å². The number of carbonyl (C=O) groups is 1. The Hall–Kier alpha value is -1.63. The van der Waals surface area contributed by atoms with Crippen LogP contribution >= 0.6 is 0 Å². The summed E-state index contributed by atoms with van der Waals surface area (Å²) in [7, 11) is 0. The van der Waals surface area contributed by atoms with Crippen LogP contribution in [-0.2, 0) is 11.3 Å². The summed E-state index contributed by atoms with van der Waals surface area (Å²) in [6, 6.07) is 9.23. The Morgan fingerprint density at radius 2 is 2.21 bits per heavy atom. The van der Waals surface area contributed by atoms with Crippen molar-refractivity contribution in [2.75, 3.05) is 13.1 Å². The number of hydroxylamine groups is 2. The molecule has 19 heavy (non-hydrogen) atoms. The number of aliphatic hydroxyl groups excluding tert-OH is 1. The molecule has 2 atom stereocenters. The van der Waals surface area contributed by atoms with Crippen LogP contribution in [0.3, 0.4) is 0 Å². The first-order valence-electron chi connectivity index (χ1n) is 6.32. The molecule has 1 saturated heterocycles. The van der Waals surface area contributed by atoms with Crippen LogP contribution in [0.2, 0.25) is 0 Å². The summed E-state index contributed by atoms with van der Waals surface area (Å²) in [4.78, 5) is 11.6. The van der Waals surface area contributed by atoms with Gasteiger partial charge in [-0.05, 0) is 12.0 Å². The maximum Gasteiger partial charge on any atom is 0.452 e. The molecule has 1 aromatic rings. The highest BCUT2D eigenvalue weighted by Crippen LogP contribution is 2.15. The van der Waals surface area contributed by atoms with Crippen molar-refractivity contribution in [3.05, 3.63) is 41.1 Å². The van der Waals surface area contributed by atoms with Crippen molar-refractivity contribution in [3.8, 4) is 0 Å². The molecule has 2 unspecified atom stereocenters. The Morgan fingerprint density at radius 1 is 1.47 bits per heavy atom. The number of hydrogen-bond acceptors (Lipinski definition) is 4. The van der Waals surface area contributed by atoms with Gasteiger partial charge in [0.1, 0.15) is 25.8 Å². The lowest BCUT2D eigenvalue weighted by atomic mass is 10.1. The highest BCUT2D eigenvalue weighted by molar-refractivity contribution is 5.65. The number of nitrogens with one attached hydrogen (secondary N) is 1. The van der Waals surface area contributed by atoms with Crippen molar-refractivity contribution in [2.45, 2.75) is 25.6 Å². The average Bonchev–Trinajstić information content (AvgIpc) is 2.37. The number of quaternary nitrogens is 1. The van der Waals surface area contributed by atoms with E-state index < -0.39 is 17.0 Å². The first-order valence-corrected chi connectivity index (χ1v) is 6.32. The van der Waals surface area contributed by atoms with E-state index in [2.05, 4.69) is 5.43 Å². The van der Waals surface area contributed by atoms with Crippen LogP contribution in [0.25, 0.3) is 0 Å².